The lowest BCUT2D eigenvalue weighted by atomic mass is 9.51. The molecule has 2 fully saturated rings. The van der Waals surface area contributed by atoms with E-state index in [1.165, 1.54) is 11.1 Å². The second-order valence-corrected chi connectivity index (χ2v) is 7.51. The summed E-state index contributed by atoms with van der Waals surface area (Å²) in [5.41, 5.74) is 2.16. The zero-order valence-corrected chi connectivity index (χ0v) is 14.0. The smallest absolute Gasteiger partial charge is 0.219 e. The molecule has 0 N–H and O–H groups in total. The van der Waals surface area contributed by atoms with Gasteiger partial charge in [0.25, 0.3) is 0 Å². The van der Waals surface area contributed by atoms with Gasteiger partial charge in [-0.2, -0.15) is 0 Å². The van der Waals surface area contributed by atoms with Gasteiger partial charge in [-0.25, -0.2) is 0 Å². The third-order valence-electron chi connectivity index (χ3n) is 6.72. The van der Waals surface area contributed by atoms with Crippen molar-refractivity contribution in [2.75, 3.05) is 13.7 Å². The first-order valence-electron chi connectivity index (χ1n) is 8.75. The van der Waals surface area contributed by atoms with Gasteiger partial charge in [0, 0.05) is 31.5 Å². The molecular weight excluding hydrogens is 306 g/mol. The zero-order valence-electron chi connectivity index (χ0n) is 14.0. The number of carbonyl (C=O) groups excluding carboxylic acids is 2. The predicted octanol–water partition coefficient (Wildman–Crippen LogP) is 1.85. The van der Waals surface area contributed by atoms with Gasteiger partial charge in [0.1, 0.15) is 0 Å². The molecule has 126 valence electrons. The Balaban J connectivity index is 1.77. The van der Waals surface area contributed by atoms with Gasteiger partial charge in [-0.1, -0.05) is 6.07 Å². The Morgan fingerprint density at radius 1 is 1.42 bits per heavy atom. The molecule has 2 bridgehead atoms. The van der Waals surface area contributed by atoms with Gasteiger partial charge < -0.3 is 14.4 Å². The Labute approximate surface area is 140 Å². The molecular formula is C19H21NO4. The molecule has 0 radical (unpaired) electrons. The first kappa shape index (κ1) is 14.3. The van der Waals surface area contributed by atoms with E-state index in [9.17, 15) is 9.59 Å². The van der Waals surface area contributed by atoms with Crippen LogP contribution in [0.2, 0.25) is 0 Å². The van der Waals surface area contributed by atoms with Crippen LogP contribution in [0.1, 0.15) is 37.3 Å². The summed E-state index contributed by atoms with van der Waals surface area (Å²) in [7, 11) is 1.64. The number of likely N-dealkylation sites (tertiary alicyclic amines) is 1. The number of rotatable bonds is 1. The number of hydrogen-bond donors (Lipinski definition) is 0. The van der Waals surface area contributed by atoms with Crippen molar-refractivity contribution in [3.05, 3.63) is 23.3 Å². The minimum Gasteiger partial charge on any atom is -0.493 e. The van der Waals surface area contributed by atoms with E-state index in [0.717, 1.165) is 30.8 Å². The molecule has 0 aromatic heterocycles. The fraction of sp³-hybridized carbons (Fsp3) is 0.579. The van der Waals surface area contributed by atoms with Gasteiger partial charge >= 0.3 is 0 Å². The lowest BCUT2D eigenvalue weighted by Crippen LogP contribution is -2.66. The number of nitrogens with zero attached hydrogens (tertiary/aromatic N) is 1. The summed E-state index contributed by atoms with van der Waals surface area (Å²) in [5.74, 6) is 2.14. The zero-order chi connectivity index (χ0) is 16.6. The van der Waals surface area contributed by atoms with Crippen LogP contribution in [0.5, 0.6) is 11.5 Å². The normalized spacial score (nSPS) is 35.3. The van der Waals surface area contributed by atoms with Gasteiger partial charge in [0.05, 0.1) is 12.5 Å². The number of hydrogen-bond acceptors (Lipinski definition) is 4. The van der Waals surface area contributed by atoms with E-state index in [4.69, 9.17) is 9.47 Å². The number of methoxy groups -OCH3 is 1. The van der Waals surface area contributed by atoms with Crippen molar-refractivity contribution in [1.82, 2.24) is 4.90 Å². The summed E-state index contributed by atoms with van der Waals surface area (Å²) in [6.07, 6.45) is 2.65. The quantitative estimate of drug-likeness (QED) is 0.790. The van der Waals surface area contributed by atoms with Crippen LogP contribution >= 0.6 is 0 Å². The largest absolute Gasteiger partial charge is 0.493 e. The van der Waals surface area contributed by atoms with Crippen molar-refractivity contribution in [2.24, 2.45) is 5.92 Å². The molecule has 1 aromatic carbocycles. The minimum absolute atomic E-state index is 0.138. The SMILES string of the molecule is COc1ccc2c3c1OC1C(=O)CC[C@H]4C(C2)N(C(C)=O)CC[C@]314. The third kappa shape index (κ3) is 1.47. The predicted molar refractivity (Wildman–Crippen MR) is 86.3 cm³/mol. The first-order chi connectivity index (χ1) is 11.6. The van der Waals surface area contributed by atoms with Crippen molar-refractivity contribution in [3.8, 4) is 11.5 Å². The Morgan fingerprint density at radius 2 is 2.25 bits per heavy atom. The maximum Gasteiger partial charge on any atom is 0.219 e. The van der Waals surface area contributed by atoms with E-state index in [1.807, 2.05) is 11.0 Å². The molecule has 1 spiro atoms. The van der Waals surface area contributed by atoms with Crippen molar-refractivity contribution in [1.29, 1.82) is 0 Å². The van der Waals surface area contributed by atoms with E-state index >= 15 is 0 Å². The number of ketones is 1. The molecule has 2 aliphatic carbocycles. The second-order valence-electron chi connectivity index (χ2n) is 7.51. The number of Topliss-reactive ketones (excluding diaryl/α,β-unsaturated/α-hetero) is 1. The van der Waals surface area contributed by atoms with E-state index in [0.29, 0.717) is 18.9 Å². The highest BCUT2D eigenvalue weighted by molar-refractivity contribution is 5.89. The number of amides is 1. The molecule has 24 heavy (non-hydrogen) atoms. The van der Waals surface area contributed by atoms with Crippen LogP contribution in [0.3, 0.4) is 0 Å². The highest BCUT2D eigenvalue weighted by Gasteiger charge is 2.66. The van der Waals surface area contributed by atoms with Crippen LogP contribution in [-0.4, -0.2) is 42.4 Å². The third-order valence-corrected chi connectivity index (χ3v) is 6.72. The maximum atomic E-state index is 12.7. The van der Waals surface area contributed by atoms with Crippen LogP contribution < -0.4 is 9.47 Å². The number of carbonyl (C=O) groups is 2. The number of benzene rings is 1. The van der Waals surface area contributed by atoms with Crippen LogP contribution in [0.25, 0.3) is 0 Å². The Bertz CT molecular complexity index is 773. The molecule has 4 atom stereocenters. The lowest BCUT2D eigenvalue weighted by Gasteiger charge is -2.57. The Hall–Kier alpha value is -2.04. The van der Waals surface area contributed by atoms with Gasteiger partial charge in [-0.3, -0.25) is 9.59 Å². The standard InChI is InChI=1S/C19H21NO4/c1-10(21)20-8-7-19-12-4-5-14(22)18(19)24-17-15(23-2)6-3-11(16(17)19)9-13(12)20/h3,6,12-13,18H,4-5,7-9H2,1-2H3/t12-,13?,18?,19-/m0/s1. The Kier molecular flexibility index (Phi) is 2.70. The average molecular weight is 327 g/mol. The molecule has 1 saturated carbocycles. The van der Waals surface area contributed by atoms with Gasteiger partial charge in [-0.15, -0.1) is 0 Å². The fourth-order valence-corrected chi connectivity index (χ4v) is 5.87. The molecule has 5 heteroatoms. The van der Waals surface area contributed by atoms with E-state index < -0.39 is 6.10 Å². The van der Waals surface area contributed by atoms with E-state index in [2.05, 4.69) is 6.07 Å². The number of ether oxygens (including phenoxy) is 2. The monoisotopic (exact) mass is 327 g/mol. The van der Waals surface area contributed by atoms with Crippen LogP contribution in [0, 0.1) is 5.92 Å². The van der Waals surface area contributed by atoms with Crippen LogP contribution in [-0.2, 0) is 21.4 Å². The molecule has 5 nitrogen and oxygen atoms in total. The lowest BCUT2D eigenvalue weighted by molar-refractivity contribution is -0.146. The van der Waals surface area contributed by atoms with Gasteiger partial charge in [0.2, 0.25) is 5.91 Å². The van der Waals surface area contributed by atoms with Crippen molar-refractivity contribution < 1.29 is 19.1 Å². The summed E-state index contributed by atoms with van der Waals surface area (Å²) >= 11 is 0. The van der Waals surface area contributed by atoms with Crippen molar-refractivity contribution in [3.63, 3.8) is 0 Å². The topological polar surface area (TPSA) is 55.8 Å². The van der Waals surface area contributed by atoms with E-state index in [1.54, 1.807) is 14.0 Å². The second kappa shape index (κ2) is 4.52. The van der Waals surface area contributed by atoms with Gasteiger partial charge in [0.15, 0.2) is 23.4 Å². The minimum atomic E-state index is -0.404. The maximum absolute atomic E-state index is 12.7. The molecule has 2 aliphatic heterocycles. The first-order valence-corrected chi connectivity index (χ1v) is 8.75. The summed E-state index contributed by atoms with van der Waals surface area (Å²) < 4.78 is 11.7. The highest BCUT2D eigenvalue weighted by Crippen LogP contribution is 2.63. The van der Waals surface area contributed by atoms with E-state index in [-0.39, 0.29) is 23.1 Å². The molecule has 2 heterocycles. The number of piperidine rings is 1. The fourth-order valence-electron chi connectivity index (χ4n) is 5.87. The van der Waals surface area contributed by atoms with Crippen molar-refractivity contribution in [2.45, 2.75) is 50.2 Å². The average Bonchev–Trinajstić information content (AvgIpc) is 2.90. The molecule has 1 amide bonds. The summed E-state index contributed by atoms with van der Waals surface area (Å²) in [6.45, 7) is 2.36. The Morgan fingerprint density at radius 3 is 3.00 bits per heavy atom. The van der Waals surface area contributed by atoms with Crippen LogP contribution in [0.15, 0.2) is 12.1 Å². The van der Waals surface area contributed by atoms with Crippen LogP contribution in [0.4, 0.5) is 0 Å². The van der Waals surface area contributed by atoms with Gasteiger partial charge in [-0.05, 0) is 36.8 Å². The summed E-state index contributed by atoms with van der Waals surface area (Å²) in [6, 6.07) is 4.21. The summed E-state index contributed by atoms with van der Waals surface area (Å²) in [4.78, 5) is 26.9. The molecule has 1 aromatic rings. The molecule has 4 aliphatic rings. The molecule has 2 unspecified atom stereocenters. The van der Waals surface area contributed by atoms with Crippen molar-refractivity contribution >= 4 is 11.7 Å². The highest BCUT2D eigenvalue weighted by atomic mass is 16.5. The molecule has 1 saturated heterocycles. The molecule has 5 rings (SSSR count). The summed E-state index contributed by atoms with van der Waals surface area (Å²) in [5, 5.41) is 0.